The molecule has 0 unspecified atom stereocenters. The summed E-state index contributed by atoms with van der Waals surface area (Å²) < 4.78 is 11.2. The maximum Gasteiger partial charge on any atom is 0.276 e. The van der Waals surface area contributed by atoms with Crippen molar-refractivity contribution in [3.05, 3.63) is 17.8 Å². The Morgan fingerprint density at radius 1 is 1.12 bits per heavy atom. The zero-order valence-corrected chi connectivity index (χ0v) is 14.7. The number of piperazine rings is 1. The van der Waals surface area contributed by atoms with Crippen molar-refractivity contribution in [1.29, 1.82) is 0 Å². The van der Waals surface area contributed by atoms with Gasteiger partial charge in [0.1, 0.15) is 6.10 Å². The lowest BCUT2D eigenvalue weighted by Crippen LogP contribution is -2.53. The molecule has 5 rings (SSSR count). The van der Waals surface area contributed by atoms with Gasteiger partial charge in [-0.1, -0.05) is 6.42 Å². The maximum absolute atomic E-state index is 12.9. The van der Waals surface area contributed by atoms with Crippen LogP contribution in [0.2, 0.25) is 0 Å². The van der Waals surface area contributed by atoms with Crippen LogP contribution in [0.15, 0.2) is 10.8 Å². The van der Waals surface area contributed by atoms with Crippen LogP contribution in [-0.2, 0) is 4.74 Å². The van der Waals surface area contributed by atoms with Gasteiger partial charge in [0.15, 0.2) is 17.8 Å². The van der Waals surface area contributed by atoms with Gasteiger partial charge in [0.2, 0.25) is 0 Å². The van der Waals surface area contributed by atoms with Crippen molar-refractivity contribution in [2.75, 3.05) is 32.8 Å². The van der Waals surface area contributed by atoms with Crippen LogP contribution in [0.5, 0.6) is 0 Å². The number of hydrogen-bond acceptors (Lipinski definition) is 5. The number of amides is 1. The molecular weight excluding hydrogens is 318 g/mol. The van der Waals surface area contributed by atoms with Gasteiger partial charge in [-0.05, 0) is 43.9 Å². The van der Waals surface area contributed by atoms with E-state index in [-0.39, 0.29) is 12.0 Å². The highest BCUT2D eigenvalue weighted by molar-refractivity contribution is 5.93. The molecule has 1 aromatic rings. The molecule has 4 aliphatic rings. The number of carbonyl (C=O) groups is 1. The number of hydrogen-bond donors (Lipinski definition) is 0. The molecule has 4 fully saturated rings. The Hall–Kier alpha value is -1.40. The Balaban J connectivity index is 1.22. The lowest BCUT2D eigenvalue weighted by atomic mass is 9.93. The number of fused-ring (bicyclic) bond motifs is 2. The van der Waals surface area contributed by atoms with Gasteiger partial charge >= 0.3 is 0 Å². The van der Waals surface area contributed by atoms with Gasteiger partial charge in [-0.25, -0.2) is 4.98 Å². The molecule has 2 bridgehead atoms. The van der Waals surface area contributed by atoms with Crippen molar-refractivity contribution in [1.82, 2.24) is 14.8 Å². The fraction of sp³-hybridized carbons (Fsp3) is 0.789. The Morgan fingerprint density at radius 2 is 2.00 bits per heavy atom. The predicted molar refractivity (Wildman–Crippen MR) is 91.1 cm³/mol. The van der Waals surface area contributed by atoms with Crippen LogP contribution in [0.25, 0.3) is 0 Å². The summed E-state index contributed by atoms with van der Waals surface area (Å²) in [4.78, 5) is 21.7. The fourth-order valence-electron chi connectivity index (χ4n) is 5.49. The largest absolute Gasteiger partial charge is 0.445 e. The molecule has 25 heavy (non-hydrogen) atoms. The summed E-state index contributed by atoms with van der Waals surface area (Å²) in [7, 11) is 0. The first-order valence-electron chi connectivity index (χ1n) is 9.88. The van der Waals surface area contributed by atoms with Gasteiger partial charge in [-0.15, -0.1) is 0 Å². The second-order valence-corrected chi connectivity index (χ2v) is 8.14. The molecule has 0 N–H and O–H groups in total. The van der Waals surface area contributed by atoms with Crippen LogP contribution in [0, 0.1) is 11.8 Å². The number of nitrogens with zero attached hydrogens (tertiary/aromatic N) is 3. The van der Waals surface area contributed by atoms with Crippen LogP contribution in [0.3, 0.4) is 0 Å². The van der Waals surface area contributed by atoms with Crippen molar-refractivity contribution in [3.8, 4) is 0 Å². The van der Waals surface area contributed by atoms with E-state index in [1.54, 1.807) is 0 Å². The highest BCUT2D eigenvalue weighted by Crippen LogP contribution is 2.46. The van der Waals surface area contributed by atoms with Crippen molar-refractivity contribution in [2.24, 2.45) is 11.8 Å². The molecular formula is C19H27N3O3. The molecule has 0 spiro atoms. The van der Waals surface area contributed by atoms with Crippen LogP contribution < -0.4 is 0 Å². The molecule has 2 aliphatic carbocycles. The molecule has 2 saturated carbocycles. The minimum Gasteiger partial charge on any atom is -0.445 e. The molecule has 1 aromatic heterocycles. The van der Waals surface area contributed by atoms with Gasteiger partial charge in [-0.2, -0.15) is 0 Å². The van der Waals surface area contributed by atoms with Gasteiger partial charge in [0.25, 0.3) is 5.91 Å². The number of aromatic nitrogens is 1. The van der Waals surface area contributed by atoms with Crippen LogP contribution in [0.1, 0.15) is 60.9 Å². The molecule has 136 valence electrons. The van der Waals surface area contributed by atoms with E-state index in [4.69, 9.17) is 9.15 Å². The molecule has 2 saturated heterocycles. The Bertz CT molecular complexity index is 632. The van der Waals surface area contributed by atoms with E-state index >= 15 is 0 Å². The first-order chi connectivity index (χ1) is 12.3. The topological polar surface area (TPSA) is 58.8 Å². The zero-order chi connectivity index (χ0) is 16.8. The van der Waals surface area contributed by atoms with E-state index in [1.165, 1.54) is 32.1 Å². The minimum atomic E-state index is -0.100. The van der Waals surface area contributed by atoms with Gasteiger partial charge in [-0.3, -0.25) is 9.69 Å². The molecule has 4 atom stereocenters. The van der Waals surface area contributed by atoms with E-state index < -0.39 is 0 Å². The summed E-state index contributed by atoms with van der Waals surface area (Å²) in [5.74, 6) is 2.51. The van der Waals surface area contributed by atoms with Crippen LogP contribution in [0.4, 0.5) is 0 Å². The summed E-state index contributed by atoms with van der Waals surface area (Å²) in [5.41, 5.74) is 0.459. The summed E-state index contributed by atoms with van der Waals surface area (Å²) in [5, 5.41) is 0. The fourth-order valence-corrected chi connectivity index (χ4v) is 5.49. The van der Waals surface area contributed by atoms with Crippen LogP contribution >= 0.6 is 0 Å². The molecule has 2 aliphatic heterocycles. The van der Waals surface area contributed by atoms with Crippen molar-refractivity contribution >= 4 is 5.91 Å². The van der Waals surface area contributed by atoms with Gasteiger partial charge in [0, 0.05) is 38.8 Å². The average Bonchev–Trinajstić information content (AvgIpc) is 3.45. The molecule has 6 nitrogen and oxygen atoms in total. The normalized spacial score (nSPS) is 35.6. The standard InChI is InChI=1S/C19H27N3O3/c23-19(17-18(25-12-20-17)16-2-1-9-24-16)22-7-5-21(6-8-22)15-11-13-3-4-14(15)10-13/h12-16H,1-11H2/t13-,14-,15-,16-/m0/s1. The van der Waals surface area contributed by atoms with E-state index in [0.29, 0.717) is 11.5 Å². The summed E-state index contributed by atoms with van der Waals surface area (Å²) in [6.45, 7) is 4.32. The number of ether oxygens (including phenoxy) is 1. The number of rotatable bonds is 3. The van der Waals surface area contributed by atoms with E-state index in [9.17, 15) is 4.79 Å². The molecule has 1 amide bonds. The summed E-state index contributed by atoms with van der Waals surface area (Å²) >= 11 is 0. The third-order valence-corrected chi connectivity index (χ3v) is 6.79. The Labute approximate surface area is 148 Å². The second-order valence-electron chi connectivity index (χ2n) is 8.14. The quantitative estimate of drug-likeness (QED) is 0.842. The van der Waals surface area contributed by atoms with Crippen molar-refractivity contribution < 1.29 is 13.9 Å². The molecule has 3 heterocycles. The van der Waals surface area contributed by atoms with Crippen molar-refractivity contribution in [3.63, 3.8) is 0 Å². The predicted octanol–water partition coefficient (Wildman–Crippen LogP) is 2.47. The van der Waals surface area contributed by atoms with Gasteiger partial charge < -0.3 is 14.1 Å². The highest BCUT2D eigenvalue weighted by Gasteiger charge is 2.43. The third kappa shape index (κ3) is 2.79. The molecule has 6 heteroatoms. The lowest BCUT2D eigenvalue weighted by molar-refractivity contribution is 0.0478. The van der Waals surface area contributed by atoms with Gasteiger partial charge in [0.05, 0.1) is 0 Å². The first-order valence-corrected chi connectivity index (χ1v) is 9.88. The Kier molecular flexibility index (Phi) is 4.05. The lowest BCUT2D eigenvalue weighted by Gasteiger charge is -2.40. The number of oxazole rings is 1. The zero-order valence-electron chi connectivity index (χ0n) is 14.7. The molecule has 0 aromatic carbocycles. The average molecular weight is 345 g/mol. The first kappa shape index (κ1) is 15.8. The van der Waals surface area contributed by atoms with Crippen LogP contribution in [-0.4, -0.2) is 59.5 Å². The van der Waals surface area contributed by atoms with E-state index in [2.05, 4.69) is 9.88 Å². The van der Waals surface area contributed by atoms with E-state index in [0.717, 1.165) is 63.5 Å². The van der Waals surface area contributed by atoms with Crippen molar-refractivity contribution in [2.45, 2.75) is 50.7 Å². The smallest absolute Gasteiger partial charge is 0.276 e. The van der Waals surface area contributed by atoms with E-state index in [1.807, 2.05) is 4.90 Å². The highest BCUT2D eigenvalue weighted by atomic mass is 16.5. The minimum absolute atomic E-state index is 0.00634. The summed E-state index contributed by atoms with van der Waals surface area (Å²) in [6.07, 6.45) is 8.88. The maximum atomic E-state index is 12.9. The second kappa shape index (κ2) is 6.40. The third-order valence-electron chi connectivity index (χ3n) is 6.79. The monoisotopic (exact) mass is 345 g/mol. The number of carbonyl (C=O) groups excluding carboxylic acids is 1. The summed E-state index contributed by atoms with van der Waals surface area (Å²) in [6, 6.07) is 0.769. The SMILES string of the molecule is O=C(c1ncoc1[C@@H]1CCCO1)N1CCN([C@H]2C[C@H]3CC[C@H]2C3)CC1. The molecule has 0 radical (unpaired) electrons. The Morgan fingerprint density at radius 3 is 2.68 bits per heavy atom.